The van der Waals surface area contributed by atoms with Crippen LogP contribution >= 0.6 is 12.6 Å². The van der Waals surface area contributed by atoms with E-state index >= 15 is 0 Å². The molecule has 0 aliphatic carbocycles. The normalized spacial score (nSPS) is 10.3. The van der Waals surface area contributed by atoms with Crippen LogP contribution in [0.5, 0.6) is 0 Å². The maximum absolute atomic E-state index is 13.4. The fourth-order valence-corrected chi connectivity index (χ4v) is 1.84. The van der Waals surface area contributed by atoms with Crippen molar-refractivity contribution in [3.8, 4) is 0 Å². The maximum atomic E-state index is 13.4. The molecule has 1 amide bonds. The zero-order valence-electron chi connectivity index (χ0n) is 10.1. The molecule has 0 heterocycles. The van der Waals surface area contributed by atoms with Crippen molar-refractivity contribution in [3.05, 3.63) is 59.2 Å². The molecule has 0 saturated heterocycles. The van der Waals surface area contributed by atoms with Gasteiger partial charge in [0.05, 0.1) is 5.69 Å². The van der Waals surface area contributed by atoms with Gasteiger partial charge in [-0.2, -0.15) is 0 Å². The molecule has 0 atom stereocenters. The van der Waals surface area contributed by atoms with Gasteiger partial charge in [-0.3, -0.25) is 4.79 Å². The first-order valence-corrected chi connectivity index (χ1v) is 5.98. The number of thiol groups is 1. The summed E-state index contributed by atoms with van der Waals surface area (Å²) < 4.78 is 26.4. The Morgan fingerprint density at radius 2 is 1.89 bits per heavy atom. The third-order valence-electron chi connectivity index (χ3n) is 2.64. The number of aryl methyl sites for hydroxylation is 1. The number of nitrogens with one attached hydrogen (secondary N) is 1. The predicted molar refractivity (Wildman–Crippen MR) is 72.7 cm³/mol. The van der Waals surface area contributed by atoms with Crippen LogP contribution in [-0.2, 0) is 0 Å². The van der Waals surface area contributed by atoms with Crippen LogP contribution in [0.25, 0.3) is 0 Å². The largest absolute Gasteiger partial charge is 0.319 e. The fraction of sp³-hybridized carbons (Fsp3) is 0.0714. The monoisotopic (exact) mass is 279 g/mol. The van der Waals surface area contributed by atoms with Crippen LogP contribution in [0.3, 0.4) is 0 Å². The summed E-state index contributed by atoms with van der Waals surface area (Å²) in [4.78, 5) is 12.6. The van der Waals surface area contributed by atoms with Gasteiger partial charge < -0.3 is 5.32 Å². The molecule has 0 aliphatic rings. The van der Waals surface area contributed by atoms with Gasteiger partial charge in [0, 0.05) is 16.5 Å². The van der Waals surface area contributed by atoms with Gasteiger partial charge in [0.25, 0.3) is 5.91 Å². The number of rotatable bonds is 2. The number of carbonyl (C=O) groups excluding carboxylic acids is 1. The summed E-state index contributed by atoms with van der Waals surface area (Å²) in [6.07, 6.45) is 0. The molecule has 2 nitrogen and oxygen atoms in total. The van der Waals surface area contributed by atoms with Crippen molar-refractivity contribution in [3.63, 3.8) is 0 Å². The van der Waals surface area contributed by atoms with E-state index in [9.17, 15) is 13.6 Å². The summed E-state index contributed by atoms with van der Waals surface area (Å²) in [6.45, 7) is 1.75. The first-order valence-electron chi connectivity index (χ1n) is 5.53. The fourth-order valence-electron chi connectivity index (χ4n) is 1.64. The number of carbonyl (C=O) groups is 1. The number of halogens is 2. The first-order chi connectivity index (χ1) is 8.97. The van der Waals surface area contributed by atoms with Gasteiger partial charge in [0.15, 0.2) is 0 Å². The van der Waals surface area contributed by atoms with Crippen molar-refractivity contribution in [2.75, 3.05) is 5.32 Å². The molecule has 0 aromatic heterocycles. The summed E-state index contributed by atoms with van der Waals surface area (Å²) in [5, 5.41) is 2.35. The number of hydrogen-bond acceptors (Lipinski definition) is 2. The lowest BCUT2D eigenvalue weighted by molar-refractivity contribution is 0.102. The lowest BCUT2D eigenvalue weighted by Crippen LogP contribution is -2.14. The highest BCUT2D eigenvalue weighted by Crippen LogP contribution is 2.19. The van der Waals surface area contributed by atoms with Crippen LogP contribution in [0, 0.1) is 18.6 Å². The standard InChI is InChI=1S/C14H11F2NOS/c1-8-2-4-10(19)7-11(8)14(18)17-13-6-9(15)3-5-12(13)16/h2-7,19H,1H3,(H,17,18). The van der Waals surface area contributed by atoms with Gasteiger partial charge in [-0.25, -0.2) is 8.78 Å². The van der Waals surface area contributed by atoms with E-state index in [0.717, 1.165) is 23.8 Å². The molecule has 0 aliphatic heterocycles. The lowest BCUT2D eigenvalue weighted by Gasteiger charge is -2.09. The molecule has 2 rings (SSSR count). The topological polar surface area (TPSA) is 29.1 Å². The average molecular weight is 279 g/mol. The molecular weight excluding hydrogens is 268 g/mol. The van der Waals surface area contributed by atoms with Gasteiger partial charge in [-0.15, -0.1) is 12.6 Å². The summed E-state index contributed by atoms with van der Waals surface area (Å²) in [7, 11) is 0. The van der Waals surface area contributed by atoms with Crippen molar-refractivity contribution in [1.29, 1.82) is 0 Å². The van der Waals surface area contributed by atoms with Crippen LogP contribution in [0.1, 0.15) is 15.9 Å². The minimum atomic E-state index is -0.686. The van der Waals surface area contributed by atoms with Crippen LogP contribution in [0.15, 0.2) is 41.3 Å². The van der Waals surface area contributed by atoms with E-state index in [1.165, 1.54) is 0 Å². The van der Waals surface area contributed by atoms with Crippen molar-refractivity contribution < 1.29 is 13.6 Å². The van der Waals surface area contributed by atoms with Crippen LogP contribution in [0.4, 0.5) is 14.5 Å². The number of amides is 1. The highest BCUT2D eigenvalue weighted by Gasteiger charge is 2.12. The van der Waals surface area contributed by atoms with E-state index in [0.29, 0.717) is 10.5 Å². The summed E-state index contributed by atoms with van der Waals surface area (Å²) in [5.74, 6) is -1.80. The Morgan fingerprint density at radius 3 is 2.63 bits per heavy atom. The molecule has 2 aromatic rings. The van der Waals surface area contributed by atoms with E-state index in [-0.39, 0.29) is 5.69 Å². The summed E-state index contributed by atoms with van der Waals surface area (Å²) >= 11 is 4.14. The van der Waals surface area contributed by atoms with Crippen molar-refractivity contribution in [2.45, 2.75) is 11.8 Å². The van der Waals surface area contributed by atoms with E-state index in [2.05, 4.69) is 17.9 Å². The zero-order chi connectivity index (χ0) is 14.0. The number of anilines is 1. The molecule has 5 heteroatoms. The third-order valence-corrected chi connectivity index (χ3v) is 2.92. The van der Waals surface area contributed by atoms with E-state index in [1.54, 1.807) is 25.1 Å². The molecule has 0 unspecified atom stereocenters. The molecule has 0 bridgehead atoms. The van der Waals surface area contributed by atoms with Gasteiger partial charge in [0.1, 0.15) is 11.6 Å². The quantitative estimate of drug-likeness (QED) is 0.804. The van der Waals surface area contributed by atoms with E-state index in [4.69, 9.17) is 0 Å². The van der Waals surface area contributed by atoms with Crippen LogP contribution < -0.4 is 5.32 Å². The van der Waals surface area contributed by atoms with Gasteiger partial charge in [0.2, 0.25) is 0 Å². The highest BCUT2D eigenvalue weighted by molar-refractivity contribution is 7.80. The second kappa shape index (κ2) is 5.40. The number of benzene rings is 2. The minimum absolute atomic E-state index is 0.186. The van der Waals surface area contributed by atoms with Gasteiger partial charge in [-0.05, 0) is 36.8 Å². The van der Waals surface area contributed by atoms with Crippen molar-refractivity contribution >= 4 is 24.2 Å². The zero-order valence-corrected chi connectivity index (χ0v) is 11.0. The molecule has 1 N–H and O–H groups in total. The molecule has 0 fully saturated rings. The predicted octanol–water partition coefficient (Wildman–Crippen LogP) is 3.81. The summed E-state index contributed by atoms with van der Waals surface area (Å²) in [5.41, 5.74) is 0.914. The molecule has 0 saturated carbocycles. The Balaban J connectivity index is 2.30. The Kier molecular flexibility index (Phi) is 3.85. The van der Waals surface area contributed by atoms with Gasteiger partial charge >= 0.3 is 0 Å². The Hall–Kier alpha value is -1.88. The van der Waals surface area contributed by atoms with E-state index < -0.39 is 17.5 Å². The third kappa shape index (κ3) is 3.12. The average Bonchev–Trinajstić information content (AvgIpc) is 2.36. The Morgan fingerprint density at radius 1 is 1.16 bits per heavy atom. The molecular formula is C14H11F2NOS. The molecule has 19 heavy (non-hydrogen) atoms. The number of hydrogen-bond donors (Lipinski definition) is 2. The molecule has 0 spiro atoms. The van der Waals surface area contributed by atoms with Crippen molar-refractivity contribution in [2.24, 2.45) is 0 Å². The summed E-state index contributed by atoms with van der Waals surface area (Å²) in [6, 6.07) is 7.95. The smallest absolute Gasteiger partial charge is 0.256 e. The van der Waals surface area contributed by atoms with Crippen molar-refractivity contribution in [1.82, 2.24) is 0 Å². The second-order valence-corrected chi connectivity index (χ2v) is 4.59. The highest BCUT2D eigenvalue weighted by atomic mass is 32.1. The SMILES string of the molecule is Cc1ccc(S)cc1C(=O)Nc1cc(F)ccc1F. The van der Waals surface area contributed by atoms with E-state index in [1.807, 2.05) is 0 Å². The maximum Gasteiger partial charge on any atom is 0.256 e. The van der Waals surface area contributed by atoms with Gasteiger partial charge in [-0.1, -0.05) is 6.07 Å². The molecule has 2 aromatic carbocycles. The lowest BCUT2D eigenvalue weighted by atomic mass is 10.1. The Labute approximate surface area is 114 Å². The molecule has 98 valence electrons. The van der Waals surface area contributed by atoms with Crippen LogP contribution in [0.2, 0.25) is 0 Å². The second-order valence-electron chi connectivity index (χ2n) is 4.08. The minimum Gasteiger partial charge on any atom is -0.319 e. The first kappa shape index (κ1) is 13.5. The Bertz CT molecular complexity index is 643. The van der Waals surface area contributed by atoms with Crippen LogP contribution in [-0.4, -0.2) is 5.91 Å². The molecule has 0 radical (unpaired) electrons.